The van der Waals surface area contributed by atoms with Crippen molar-refractivity contribution in [2.75, 3.05) is 26.2 Å². The Morgan fingerprint density at radius 3 is 2.78 bits per heavy atom. The zero-order valence-corrected chi connectivity index (χ0v) is 20.5. The van der Waals surface area contributed by atoms with Gasteiger partial charge in [0.15, 0.2) is 5.96 Å². The van der Waals surface area contributed by atoms with Crippen molar-refractivity contribution in [3.63, 3.8) is 0 Å². The van der Waals surface area contributed by atoms with Crippen LogP contribution >= 0.6 is 0 Å². The van der Waals surface area contributed by atoms with E-state index in [-0.39, 0.29) is 11.6 Å². The highest BCUT2D eigenvalue weighted by Gasteiger charge is 2.10. The normalized spacial score (nSPS) is 10.8. The molecule has 0 bridgehead atoms. The lowest BCUT2D eigenvalue weighted by atomic mass is 10.1. The highest BCUT2D eigenvalue weighted by atomic mass is 16.5. The molecule has 10 heteroatoms. The van der Waals surface area contributed by atoms with E-state index in [1.54, 1.807) is 10.8 Å². The van der Waals surface area contributed by atoms with Crippen LogP contribution in [0.1, 0.15) is 18.4 Å². The molecule has 37 heavy (non-hydrogen) atoms. The van der Waals surface area contributed by atoms with Gasteiger partial charge in [0.2, 0.25) is 6.54 Å². The number of nitrogens with two attached hydrogens (primary N) is 1. The number of hydrogen-bond donors (Lipinski definition) is 5. The molecule has 0 atom stereocenters. The van der Waals surface area contributed by atoms with Gasteiger partial charge in [-0.05, 0) is 48.9 Å². The topological polar surface area (TPSA) is 138 Å². The molecule has 0 spiro atoms. The molecule has 10 nitrogen and oxygen atoms in total. The van der Waals surface area contributed by atoms with E-state index in [1.807, 2.05) is 54.6 Å². The Hall–Kier alpha value is -4.62. The van der Waals surface area contributed by atoms with Gasteiger partial charge < -0.3 is 30.9 Å². The van der Waals surface area contributed by atoms with Gasteiger partial charge in [-0.3, -0.25) is 9.98 Å². The molecule has 0 amide bonds. The summed E-state index contributed by atoms with van der Waals surface area (Å²) in [6.45, 7) is 9.96. The molecule has 4 aromatic rings. The van der Waals surface area contributed by atoms with Crippen LogP contribution in [0.4, 0.5) is 0 Å². The van der Waals surface area contributed by atoms with Gasteiger partial charge in [-0.2, -0.15) is 4.98 Å². The zero-order valence-electron chi connectivity index (χ0n) is 20.5. The van der Waals surface area contributed by atoms with E-state index < -0.39 is 0 Å². The Balaban J connectivity index is 1.43. The van der Waals surface area contributed by atoms with E-state index in [2.05, 4.69) is 25.4 Å². The molecule has 2 heterocycles. The molecule has 0 unspecified atom stereocenters. The summed E-state index contributed by atoms with van der Waals surface area (Å²) in [6, 6.07) is 17.5. The lowest BCUT2D eigenvalue weighted by Crippen LogP contribution is -2.32. The van der Waals surface area contributed by atoms with Crippen molar-refractivity contribution in [2.24, 2.45) is 5.73 Å². The van der Waals surface area contributed by atoms with Crippen molar-refractivity contribution >= 4 is 17.0 Å². The maximum atomic E-state index is 12.8. The number of guanidine groups is 1. The number of benzene rings is 2. The van der Waals surface area contributed by atoms with E-state index in [0.29, 0.717) is 38.3 Å². The van der Waals surface area contributed by atoms with Crippen molar-refractivity contribution in [1.29, 1.82) is 5.41 Å². The van der Waals surface area contributed by atoms with E-state index in [0.717, 1.165) is 46.6 Å². The minimum absolute atomic E-state index is 0.0154. The summed E-state index contributed by atoms with van der Waals surface area (Å²) >= 11 is 0. The Labute approximate surface area is 214 Å². The van der Waals surface area contributed by atoms with Crippen molar-refractivity contribution in [3.05, 3.63) is 88.3 Å². The Kier molecular flexibility index (Phi) is 8.52. The second-order valence-electron chi connectivity index (χ2n) is 8.53. The van der Waals surface area contributed by atoms with Gasteiger partial charge in [-0.25, -0.2) is 11.4 Å². The minimum Gasteiger partial charge on any atom is -0.493 e. The van der Waals surface area contributed by atoms with E-state index in [1.165, 1.54) is 0 Å². The number of nitrogens with one attached hydrogen (secondary N) is 4. The number of nitrogens with zero attached hydrogens (tertiary/aromatic N) is 3. The number of rotatable bonds is 12. The molecule has 0 aliphatic rings. The predicted molar refractivity (Wildman–Crippen MR) is 145 cm³/mol. The van der Waals surface area contributed by atoms with Crippen LogP contribution in [0.15, 0.2) is 65.6 Å². The smallest absolute Gasteiger partial charge is 0.354 e. The van der Waals surface area contributed by atoms with Gasteiger partial charge in [0, 0.05) is 35.9 Å². The van der Waals surface area contributed by atoms with E-state index in [9.17, 15) is 4.79 Å². The Bertz CT molecular complexity index is 1450. The molecule has 190 valence electrons. The maximum Gasteiger partial charge on any atom is 0.354 e. The predicted octanol–water partition coefficient (Wildman–Crippen LogP) is 3.03. The maximum absolute atomic E-state index is 12.8. The van der Waals surface area contributed by atoms with Crippen molar-refractivity contribution in [3.8, 4) is 22.7 Å². The molecule has 2 aromatic heterocycles. The quantitative estimate of drug-likeness (QED) is 0.0881. The number of aromatic amines is 1. The molecular formula is C27H30N8O2. The van der Waals surface area contributed by atoms with Crippen LogP contribution in [0, 0.1) is 12.0 Å². The SMILES string of the molecule is [C-]#[N+]CCCOc1cccc(-c2cc3cn(-c4ccc(CNCCCNC(=N)N)cc4)c(=O)nc3[nH]2)c1. The first-order chi connectivity index (χ1) is 18.0. The summed E-state index contributed by atoms with van der Waals surface area (Å²) in [4.78, 5) is 23.6. The van der Waals surface area contributed by atoms with Crippen LogP contribution in [0.25, 0.3) is 32.8 Å². The largest absolute Gasteiger partial charge is 0.493 e. The first-order valence-corrected chi connectivity index (χ1v) is 12.1. The van der Waals surface area contributed by atoms with Crippen LogP contribution in [0.2, 0.25) is 0 Å². The van der Waals surface area contributed by atoms with Gasteiger partial charge in [-0.1, -0.05) is 24.3 Å². The van der Waals surface area contributed by atoms with Crippen LogP contribution in [0.3, 0.4) is 0 Å². The molecule has 0 aliphatic heterocycles. The average Bonchev–Trinajstić information content (AvgIpc) is 3.31. The lowest BCUT2D eigenvalue weighted by molar-refractivity contribution is 0.316. The molecule has 0 saturated carbocycles. The Morgan fingerprint density at radius 1 is 1.16 bits per heavy atom. The second kappa shape index (κ2) is 12.4. The van der Waals surface area contributed by atoms with Gasteiger partial charge in [0.25, 0.3) is 0 Å². The first-order valence-electron chi connectivity index (χ1n) is 12.1. The summed E-state index contributed by atoms with van der Waals surface area (Å²) in [5.74, 6) is 0.717. The number of fused-ring (bicyclic) bond motifs is 1. The molecular weight excluding hydrogens is 468 g/mol. The first kappa shape index (κ1) is 25.5. The standard InChI is InChI=1S/C27H30N8O2/c1-30-11-4-14-37-23-6-2-5-20(15-23)24-16-21-18-35(27(36)34-25(21)33-24)22-9-7-19(8-10-22)17-31-12-3-13-32-26(28)29/h2,5-10,15-16,18,31H,3-4,11-14,17H2,(H4,28,29,32)(H,33,34,36). The molecule has 0 saturated heterocycles. The third-order valence-corrected chi connectivity index (χ3v) is 5.73. The molecule has 6 N–H and O–H groups in total. The van der Waals surface area contributed by atoms with Crippen LogP contribution in [0.5, 0.6) is 5.75 Å². The summed E-state index contributed by atoms with van der Waals surface area (Å²) in [5.41, 5.74) is 9.04. The van der Waals surface area contributed by atoms with Crippen LogP contribution in [-0.2, 0) is 6.54 Å². The van der Waals surface area contributed by atoms with Crippen molar-refractivity contribution in [1.82, 2.24) is 25.2 Å². The minimum atomic E-state index is -0.360. The number of aromatic nitrogens is 3. The van der Waals surface area contributed by atoms with Gasteiger partial charge in [-0.15, -0.1) is 0 Å². The van der Waals surface area contributed by atoms with Crippen LogP contribution in [-0.4, -0.2) is 46.7 Å². The summed E-state index contributed by atoms with van der Waals surface area (Å²) in [5, 5.41) is 14.1. The van der Waals surface area contributed by atoms with Crippen LogP contribution < -0.4 is 26.8 Å². The number of hydrogen-bond acceptors (Lipinski definition) is 5. The van der Waals surface area contributed by atoms with Gasteiger partial charge in [0.05, 0.1) is 18.7 Å². The van der Waals surface area contributed by atoms with Crippen molar-refractivity contribution < 1.29 is 4.74 Å². The monoisotopic (exact) mass is 498 g/mol. The fraction of sp³-hybridized carbons (Fsp3) is 0.259. The lowest BCUT2D eigenvalue weighted by Gasteiger charge is -2.08. The molecule has 4 rings (SSSR count). The van der Waals surface area contributed by atoms with E-state index in [4.69, 9.17) is 22.5 Å². The second-order valence-corrected chi connectivity index (χ2v) is 8.53. The Morgan fingerprint density at radius 2 is 2.00 bits per heavy atom. The van der Waals surface area contributed by atoms with Gasteiger partial charge >= 0.3 is 5.69 Å². The summed E-state index contributed by atoms with van der Waals surface area (Å²) in [7, 11) is 0. The molecule has 2 aromatic carbocycles. The van der Waals surface area contributed by atoms with Gasteiger partial charge in [0.1, 0.15) is 11.4 Å². The molecule has 0 aliphatic carbocycles. The molecule has 0 radical (unpaired) electrons. The third-order valence-electron chi connectivity index (χ3n) is 5.73. The molecule has 0 fully saturated rings. The van der Waals surface area contributed by atoms with Crippen molar-refractivity contribution in [2.45, 2.75) is 19.4 Å². The summed E-state index contributed by atoms with van der Waals surface area (Å²) < 4.78 is 7.30. The highest BCUT2D eigenvalue weighted by Crippen LogP contribution is 2.26. The third kappa shape index (κ3) is 6.96. The number of ether oxygens (including phenoxy) is 1. The zero-order chi connectivity index (χ0) is 26.0. The average molecular weight is 499 g/mol. The fourth-order valence-corrected chi connectivity index (χ4v) is 3.87. The highest BCUT2D eigenvalue weighted by molar-refractivity contribution is 5.82. The summed E-state index contributed by atoms with van der Waals surface area (Å²) in [6.07, 6.45) is 3.34. The number of H-pyrrole nitrogens is 1. The fourth-order valence-electron chi connectivity index (χ4n) is 3.87. The van der Waals surface area contributed by atoms with E-state index >= 15 is 0 Å².